The lowest BCUT2D eigenvalue weighted by atomic mass is 9.99. The third-order valence-corrected chi connectivity index (χ3v) is 4.55. The Hall–Kier alpha value is -2.15. The van der Waals surface area contributed by atoms with E-state index in [2.05, 4.69) is 20.0 Å². The number of ether oxygens (including phenoxy) is 1. The standard InChI is InChI=1S/C17H24N4O3/c1-11-10-19-16(14-4-8-23-9-5-14)21(11)7-6-18-17(22)15-12(2)20-24-13(15)3/h10,14H,4-9H2,1-3H3,(H,18,22). The zero-order valence-corrected chi connectivity index (χ0v) is 14.5. The molecular weight excluding hydrogens is 308 g/mol. The molecule has 0 aliphatic carbocycles. The SMILES string of the molecule is Cc1noc(C)c1C(=O)NCCn1c(C)cnc1C1CCOCC1. The van der Waals surface area contributed by atoms with Gasteiger partial charge >= 0.3 is 0 Å². The van der Waals surface area contributed by atoms with Gasteiger partial charge in [0, 0.05) is 44.1 Å². The highest BCUT2D eigenvalue weighted by Gasteiger charge is 2.22. The largest absolute Gasteiger partial charge is 0.381 e. The van der Waals surface area contributed by atoms with Crippen molar-refractivity contribution >= 4 is 5.91 Å². The van der Waals surface area contributed by atoms with Crippen LogP contribution in [-0.2, 0) is 11.3 Å². The first-order valence-electron chi connectivity index (χ1n) is 8.38. The van der Waals surface area contributed by atoms with Crippen LogP contribution in [0.5, 0.6) is 0 Å². The van der Waals surface area contributed by atoms with Gasteiger partial charge in [0.2, 0.25) is 0 Å². The Balaban J connectivity index is 1.63. The fourth-order valence-corrected chi connectivity index (χ4v) is 3.23. The first kappa shape index (κ1) is 16.7. The number of aromatic nitrogens is 3. The predicted octanol–water partition coefficient (Wildman–Crippen LogP) is 2.12. The summed E-state index contributed by atoms with van der Waals surface area (Å²) in [6.07, 6.45) is 3.91. The number of hydrogen-bond acceptors (Lipinski definition) is 5. The number of amides is 1. The second kappa shape index (κ2) is 7.17. The Morgan fingerprint density at radius 2 is 2.08 bits per heavy atom. The first-order valence-corrected chi connectivity index (χ1v) is 8.38. The minimum absolute atomic E-state index is 0.142. The molecule has 24 heavy (non-hydrogen) atoms. The second-order valence-corrected chi connectivity index (χ2v) is 6.25. The number of carbonyl (C=O) groups is 1. The summed E-state index contributed by atoms with van der Waals surface area (Å²) in [5.74, 6) is 1.94. The van der Waals surface area contributed by atoms with Gasteiger partial charge in [0.25, 0.3) is 5.91 Å². The highest BCUT2D eigenvalue weighted by molar-refractivity contribution is 5.96. The van der Waals surface area contributed by atoms with Crippen LogP contribution in [0.4, 0.5) is 0 Å². The lowest BCUT2D eigenvalue weighted by Gasteiger charge is -2.23. The molecule has 7 heteroatoms. The number of rotatable bonds is 5. The van der Waals surface area contributed by atoms with Gasteiger partial charge in [-0.3, -0.25) is 4.79 Å². The average Bonchev–Trinajstić information content (AvgIpc) is 3.11. The molecule has 1 fully saturated rings. The molecule has 0 saturated carbocycles. The molecule has 7 nitrogen and oxygen atoms in total. The van der Waals surface area contributed by atoms with Gasteiger partial charge in [0.1, 0.15) is 17.1 Å². The minimum Gasteiger partial charge on any atom is -0.381 e. The summed E-state index contributed by atoms with van der Waals surface area (Å²) in [7, 11) is 0. The molecule has 3 heterocycles. The van der Waals surface area contributed by atoms with E-state index in [1.165, 1.54) is 0 Å². The van der Waals surface area contributed by atoms with E-state index >= 15 is 0 Å². The molecule has 0 spiro atoms. The van der Waals surface area contributed by atoms with Gasteiger partial charge in [-0.15, -0.1) is 0 Å². The van der Waals surface area contributed by atoms with E-state index in [1.807, 2.05) is 13.1 Å². The van der Waals surface area contributed by atoms with E-state index in [0.717, 1.165) is 37.6 Å². The Morgan fingerprint density at radius 1 is 1.33 bits per heavy atom. The average molecular weight is 332 g/mol. The highest BCUT2D eigenvalue weighted by Crippen LogP contribution is 2.26. The number of nitrogens with one attached hydrogen (secondary N) is 1. The predicted molar refractivity (Wildman–Crippen MR) is 88.1 cm³/mol. The molecule has 1 aliphatic rings. The molecule has 0 aromatic carbocycles. The van der Waals surface area contributed by atoms with E-state index in [-0.39, 0.29) is 5.91 Å². The van der Waals surface area contributed by atoms with E-state index in [1.54, 1.807) is 13.8 Å². The van der Waals surface area contributed by atoms with Gasteiger partial charge in [-0.25, -0.2) is 4.98 Å². The lowest BCUT2D eigenvalue weighted by molar-refractivity contribution is 0.0827. The van der Waals surface area contributed by atoms with Gasteiger partial charge in [-0.2, -0.15) is 0 Å². The van der Waals surface area contributed by atoms with Crippen molar-refractivity contribution in [2.45, 2.75) is 46.1 Å². The van der Waals surface area contributed by atoms with Gasteiger partial charge in [0.05, 0.1) is 5.69 Å². The quantitative estimate of drug-likeness (QED) is 0.907. The van der Waals surface area contributed by atoms with Crippen molar-refractivity contribution in [1.82, 2.24) is 20.0 Å². The van der Waals surface area contributed by atoms with Crippen LogP contribution < -0.4 is 5.32 Å². The molecule has 1 aliphatic heterocycles. The van der Waals surface area contributed by atoms with Crippen molar-refractivity contribution in [3.8, 4) is 0 Å². The number of imidazole rings is 1. The number of hydrogen-bond donors (Lipinski definition) is 1. The van der Waals surface area contributed by atoms with Crippen LogP contribution in [0.3, 0.4) is 0 Å². The molecule has 0 atom stereocenters. The maximum Gasteiger partial charge on any atom is 0.256 e. The highest BCUT2D eigenvalue weighted by atomic mass is 16.5. The van der Waals surface area contributed by atoms with Gasteiger partial charge < -0.3 is 19.1 Å². The van der Waals surface area contributed by atoms with Crippen LogP contribution in [0.1, 0.15) is 52.1 Å². The summed E-state index contributed by atoms with van der Waals surface area (Å²) in [6, 6.07) is 0. The van der Waals surface area contributed by atoms with E-state index < -0.39 is 0 Å². The Bertz CT molecular complexity index is 694. The van der Waals surface area contributed by atoms with Crippen LogP contribution in [0.2, 0.25) is 0 Å². The number of carbonyl (C=O) groups excluding carboxylic acids is 1. The fourth-order valence-electron chi connectivity index (χ4n) is 3.23. The molecule has 130 valence electrons. The van der Waals surface area contributed by atoms with Crippen LogP contribution in [0.15, 0.2) is 10.7 Å². The number of aryl methyl sites for hydroxylation is 3. The van der Waals surface area contributed by atoms with Crippen LogP contribution in [-0.4, -0.2) is 40.4 Å². The summed E-state index contributed by atoms with van der Waals surface area (Å²) >= 11 is 0. The lowest BCUT2D eigenvalue weighted by Crippen LogP contribution is -2.29. The zero-order chi connectivity index (χ0) is 17.1. The summed E-state index contributed by atoms with van der Waals surface area (Å²) in [6.45, 7) is 8.39. The summed E-state index contributed by atoms with van der Waals surface area (Å²) in [5, 5.41) is 6.77. The van der Waals surface area contributed by atoms with Crippen LogP contribution in [0.25, 0.3) is 0 Å². The maximum atomic E-state index is 12.3. The topological polar surface area (TPSA) is 82.2 Å². The third kappa shape index (κ3) is 3.36. The van der Waals surface area contributed by atoms with Gasteiger partial charge in [-0.05, 0) is 33.6 Å². The third-order valence-electron chi connectivity index (χ3n) is 4.55. The summed E-state index contributed by atoms with van der Waals surface area (Å²) in [5.41, 5.74) is 2.26. The van der Waals surface area contributed by atoms with Crippen molar-refractivity contribution in [3.63, 3.8) is 0 Å². The first-order chi connectivity index (χ1) is 11.6. The molecule has 3 rings (SSSR count). The van der Waals surface area contributed by atoms with Crippen molar-refractivity contribution in [3.05, 3.63) is 34.7 Å². The molecule has 2 aromatic rings. The maximum absolute atomic E-state index is 12.3. The van der Waals surface area contributed by atoms with Crippen molar-refractivity contribution in [2.24, 2.45) is 0 Å². The molecule has 0 bridgehead atoms. The molecule has 2 aromatic heterocycles. The van der Waals surface area contributed by atoms with Crippen molar-refractivity contribution < 1.29 is 14.1 Å². The molecule has 1 N–H and O–H groups in total. The molecule has 1 saturated heterocycles. The molecule has 0 unspecified atom stereocenters. The Kier molecular flexibility index (Phi) is 4.99. The normalized spacial score (nSPS) is 15.6. The van der Waals surface area contributed by atoms with E-state index in [0.29, 0.717) is 36.0 Å². The summed E-state index contributed by atoms with van der Waals surface area (Å²) in [4.78, 5) is 16.9. The zero-order valence-electron chi connectivity index (χ0n) is 14.5. The van der Waals surface area contributed by atoms with Gasteiger partial charge in [0.15, 0.2) is 0 Å². The van der Waals surface area contributed by atoms with E-state index in [4.69, 9.17) is 9.26 Å². The van der Waals surface area contributed by atoms with Crippen LogP contribution >= 0.6 is 0 Å². The molecular formula is C17H24N4O3. The Labute approximate surface area is 141 Å². The fraction of sp³-hybridized carbons (Fsp3) is 0.588. The monoisotopic (exact) mass is 332 g/mol. The number of nitrogens with zero attached hydrogens (tertiary/aromatic N) is 3. The second-order valence-electron chi connectivity index (χ2n) is 6.25. The Morgan fingerprint density at radius 3 is 2.75 bits per heavy atom. The minimum atomic E-state index is -0.142. The molecule has 1 amide bonds. The van der Waals surface area contributed by atoms with Crippen molar-refractivity contribution in [1.29, 1.82) is 0 Å². The van der Waals surface area contributed by atoms with Gasteiger partial charge in [-0.1, -0.05) is 5.16 Å². The van der Waals surface area contributed by atoms with Crippen molar-refractivity contribution in [2.75, 3.05) is 19.8 Å². The molecule has 0 radical (unpaired) electrons. The van der Waals surface area contributed by atoms with E-state index in [9.17, 15) is 4.79 Å². The summed E-state index contributed by atoms with van der Waals surface area (Å²) < 4.78 is 12.7. The smallest absolute Gasteiger partial charge is 0.256 e. The van der Waals surface area contributed by atoms with Crippen LogP contribution in [0, 0.1) is 20.8 Å².